The number of rotatable bonds is 5. The Hall–Kier alpha value is -0.830. The molecule has 1 rings (SSSR count). The lowest BCUT2D eigenvalue weighted by Crippen LogP contribution is -2.15. The summed E-state index contributed by atoms with van der Waals surface area (Å²) in [6.45, 7) is 4.19. The number of para-hydroxylation sites is 1. The number of amides is 1. The second kappa shape index (κ2) is 6.69. The molecule has 1 N–H and O–H groups in total. The third-order valence-corrected chi connectivity index (χ3v) is 3.27. The van der Waals surface area contributed by atoms with Gasteiger partial charge in [-0.15, -0.1) is 0 Å². The summed E-state index contributed by atoms with van der Waals surface area (Å²) in [7, 11) is 0. The Labute approximate surface area is 106 Å². The van der Waals surface area contributed by atoms with Crippen molar-refractivity contribution in [3.05, 3.63) is 29.8 Å². The van der Waals surface area contributed by atoms with Crippen LogP contribution in [0, 0.1) is 5.92 Å². The SMILES string of the molecule is CCC(C)CC(=O)Nc1ccccc1CBr. The fraction of sp³-hybridized carbons (Fsp3) is 0.462. The summed E-state index contributed by atoms with van der Waals surface area (Å²) in [5.74, 6) is 0.541. The van der Waals surface area contributed by atoms with Crippen LogP contribution in [-0.4, -0.2) is 5.91 Å². The summed E-state index contributed by atoms with van der Waals surface area (Å²) in [5, 5.41) is 3.71. The lowest BCUT2D eigenvalue weighted by molar-refractivity contribution is -0.117. The summed E-state index contributed by atoms with van der Waals surface area (Å²) < 4.78 is 0. The van der Waals surface area contributed by atoms with E-state index in [1.54, 1.807) is 0 Å². The van der Waals surface area contributed by atoms with E-state index >= 15 is 0 Å². The Bertz CT molecular complexity index is 352. The van der Waals surface area contributed by atoms with Crippen molar-refractivity contribution in [3.63, 3.8) is 0 Å². The van der Waals surface area contributed by atoms with E-state index in [1.165, 1.54) is 0 Å². The normalized spacial score (nSPS) is 12.2. The van der Waals surface area contributed by atoms with E-state index in [0.29, 0.717) is 12.3 Å². The molecule has 0 fully saturated rings. The van der Waals surface area contributed by atoms with Gasteiger partial charge in [0.15, 0.2) is 0 Å². The van der Waals surface area contributed by atoms with Gasteiger partial charge in [-0.2, -0.15) is 0 Å². The molecule has 0 heterocycles. The van der Waals surface area contributed by atoms with Crippen molar-refractivity contribution >= 4 is 27.5 Å². The van der Waals surface area contributed by atoms with E-state index in [4.69, 9.17) is 0 Å². The maximum absolute atomic E-state index is 11.7. The fourth-order valence-corrected chi connectivity index (χ4v) is 1.91. The fourth-order valence-electron chi connectivity index (χ4n) is 1.42. The third-order valence-electron chi connectivity index (χ3n) is 2.67. The molecule has 1 aromatic rings. The van der Waals surface area contributed by atoms with Gasteiger partial charge in [-0.25, -0.2) is 0 Å². The smallest absolute Gasteiger partial charge is 0.224 e. The summed E-state index contributed by atoms with van der Waals surface area (Å²) in [6, 6.07) is 7.85. The molecule has 1 atom stereocenters. The van der Waals surface area contributed by atoms with Crippen LogP contribution in [0.5, 0.6) is 0 Å². The van der Waals surface area contributed by atoms with Crippen LogP contribution in [0.1, 0.15) is 32.3 Å². The van der Waals surface area contributed by atoms with Crippen molar-refractivity contribution < 1.29 is 4.79 Å². The quantitative estimate of drug-likeness (QED) is 0.815. The summed E-state index contributed by atoms with van der Waals surface area (Å²) in [5.41, 5.74) is 2.02. The van der Waals surface area contributed by atoms with Crippen LogP contribution in [-0.2, 0) is 10.1 Å². The number of hydrogen-bond donors (Lipinski definition) is 1. The molecule has 1 unspecified atom stereocenters. The van der Waals surface area contributed by atoms with Crippen LogP contribution in [0.2, 0.25) is 0 Å². The topological polar surface area (TPSA) is 29.1 Å². The zero-order valence-corrected chi connectivity index (χ0v) is 11.4. The Kier molecular flexibility index (Phi) is 5.53. The molecule has 0 saturated carbocycles. The molecule has 88 valence electrons. The van der Waals surface area contributed by atoms with E-state index in [9.17, 15) is 4.79 Å². The highest BCUT2D eigenvalue weighted by Crippen LogP contribution is 2.18. The molecule has 0 aliphatic rings. The number of hydrogen-bond acceptors (Lipinski definition) is 1. The number of halogens is 1. The zero-order valence-electron chi connectivity index (χ0n) is 9.79. The minimum Gasteiger partial charge on any atom is -0.326 e. The zero-order chi connectivity index (χ0) is 12.0. The molecule has 2 nitrogen and oxygen atoms in total. The summed E-state index contributed by atoms with van der Waals surface area (Å²) in [4.78, 5) is 11.7. The van der Waals surface area contributed by atoms with Crippen LogP contribution in [0.25, 0.3) is 0 Å². The lowest BCUT2D eigenvalue weighted by Gasteiger charge is -2.11. The second-order valence-electron chi connectivity index (χ2n) is 4.06. The number of anilines is 1. The van der Waals surface area contributed by atoms with E-state index < -0.39 is 0 Å². The molecular formula is C13H18BrNO. The van der Waals surface area contributed by atoms with Gasteiger partial charge in [0.2, 0.25) is 5.91 Å². The highest BCUT2D eigenvalue weighted by Gasteiger charge is 2.09. The predicted molar refractivity (Wildman–Crippen MR) is 71.8 cm³/mol. The van der Waals surface area contributed by atoms with Gasteiger partial charge in [0.25, 0.3) is 0 Å². The van der Waals surface area contributed by atoms with E-state index in [1.807, 2.05) is 24.3 Å². The molecule has 0 spiro atoms. The molecule has 0 aromatic heterocycles. The van der Waals surface area contributed by atoms with Crippen molar-refractivity contribution in [2.24, 2.45) is 5.92 Å². The Morgan fingerprint density at radius 1 is 1.44 bits per heavy atom. The largest absolute Gasteiger partial charge is 0.326 e. The predicted octanol–water partition coefficient (Wildman–Crippen LogP) is 3.96. The van der Waals surface area contributed by atoms with Gasteiger partial charge in [-0.1, -0.05) is 54.4 Å². The van der Waals surface area contributed by atoms with Crippen molar-refractivity contribution in [3.8, 4) is 0 Å². The van der Waals surface area contributed by atoms with Crippen molar-refractivity contribution in [2.45, 2.75) is 32.0 Å². The van der Waals surface area contributed by atoms with Crippen LogP contribution in [0.3, 0.4) is 0 Å². The Balaban J connectivity index is 2.62. The first-order valence-electron chi connectivity index (χ1n) is 5.61. The molecule has 1 amide bonds. The number of benzene rings is 1. The van der Waals surface area contributed by atoms with Gasteiger partial charge in [0.05, 0.1) is 0 Å². The molecule has 0 saturated heterocycles. The number of alkyl halides is 1. The van der Waals surface area contributed by atoms with Crippen LogP contribution < -0.4 is 5.32 Å². The first-order chi connectivity index (χ1) is 7.67. The van der Waals surface area contributed by atoms with Gasteiger partial charge in [0, 0.05) is 17.4 Å². The van der Waals surface area contributed by atoms with Gasteiger partial charge in [-0.05, 0) is 17.5 Å². The molecule has 0 aliphatic heterocycles. The molecular weight excluding hydrogens is 266 g/mol. The van der Waals surface area contributed by atoms with Crippen molar-refractivity contribution in [2.75, 3.05) is 5.32 Å². The van der Waals surface area contributed by atoms with E-state index in [2.05, 4.69) is 35.1 Å². The molecule has 0 bridgehead atoms. The minimum atomic E-state index is 0.0998. The molecule has 0 radical (unpaired) electrons. The average Bonchev–Trinajstić information content (AvgIpc) is 2.29. The number of nitrogens with one attached hydrogen (secondary N) is 1. The second-order valence-corrected chi connectivity index (χ2v) is 4.62. The summed E-state index contributed by atoms with van der Waals surface area (Å²) >= 11 is 3.41. The lowest BCUT2D eigenvalue weighted by atomic mass is 10.0. The van der Waals surface area contributed by atoms with Gasteiger partial charge < -0.3 is 5.32 Å². The summed E-state index contributed by atoms with van der Waals surface area (Å²) in [6.07, 6.45) is 1.63. The van der Waals surface area contributed by atoms with Gasteiger partial charge in [0.1, 0.15) is 0 Å². The minimum absolute atomic E-state index is 0.0998. The van der Waals surface area contributed by atoms with Gasteiger partial charge >= 0.3 is 0 Å². The first kappa shape index (κ1) is 13.2. The highest BCUT2D eigenvalue weighted by molar-refractivity contribution is 9.08. The molecule has 0 aliphatic carbocycles. The monoisotopic (exact) mass is 283 g/mol. The Morgan fingerprint density at radius 3 is 2.75 bits per heavy atom. The van der Waals surface area contributed by atoms with Crippen LogP contribution in [0.15, 0.2) is 24.3 Å². The van der Waals surface area contributed by atoms with Gasteiger partial charge in [-0.3, -0.25) is 4.79 Å². The maximum Gasteiger partial charge on any atom is 0.224 e. The molecule has 16 heavy (non-hydrogen) atoms. The van der Waals surface area contributed by atoms with Crippen molar-refractivity contribution in [1.29, 1.82) is 0 Å². The van der Waals surface area contributed by atoms with Crippen molar-refractivity contribution in [1.82, 2.24) is 0 Å². The maximum atomic E-state index is 11.7. The molecule has 1 aromatic carbocycles. The number of carbonyl (C=O) groups excluding carboxylic acids is 1. The first-order valence-corrected chi connectivity index (χ1v) is 6.73. The highest BCUT2D eigenvalue weighted by atomic mass is 79.9. The van der Waals surface area contributed by atoms with E-state index in [-0.39, 0.29) is 5.91 Å². The van der Waals surface area contributed by atoms with E-state index in [0.717, 1.165) is 23.0 Å². The molecule has 3 heteroatoms. The standard InChI is InChI=1S/C13H18BrNO/c1-3-10(2)8-13(16)15-12-7-5-4-6-11(12)9-14/h4-7,10H,3,8-9H2,1-2H3,(H,15,16). The number of carbonyl (C=O) groups is 1. The van der Waals surface area contributed by atoms with Crippen LogP contribution in [0.4, 0.5) is 5.69 Å². The average molecular weight is 284 g/mol. The Morgan fingerprint density at radius 2 is 2.12 bits per heavy atom. The van der Waals surface area contributed by atoms with Crippen LogP contribution >= 0.6 is 15.9 Å². The third kappa shape index (κ3) is 3.97.